The summed E-state index contributed by atoms with van der Waals surface area (Å²) in [4.78, 5) is 42.2. The van der Waals surface area contributed by atoms with Gasteiger partial charge in [-0.25, -0.2) is 14.4 Å². The van der Waals surface area contributed by atoms with Gasteiger partial charge in [0.2, 0.25) is 7.37 Å². The second kappa shape index (κ2) is 10.6. The smallest absolute Gasteiger partial charge is 0.310 e. The summed E-state index contributed by atoms with van der Waals surface area (Å²) in [5.41, 5.74) is 2.85. The number of Topliss-reactive ketones (excluding diaryl/α,β-unsaturated/α-hetero) is 1. The number of hydrogen-bond donors (Lipinski definition) is 2. The number of benzene rings is 2. The van der Waals surface area contributed by atoms with Crippen molar-refractivity contribution in [2.24, 2.45) is 0 Å². The van der Waals surface area contributed by atoms with E-state index in [1.54, 1.807) is 12.1 Å². The lowest BCUT2D eigenvalue weighted by molar-refractivity contribution is -0.139. The molecule has 0 aliphatic carbocycles. The molecule has 1 aromatic heterocycles. The minimum Gasteiger partial charge on any atom is -0.481 e. The molecule has 3 aromatic rings. The Hall–Kier alpha value is -3.48. The van der Waals surface area contributed by atoms with Crippen LogP contribution in [0, 0.1) is 5.82 Å². The predicted molar refractivity (Wildman–Crippen MR) is 128 cm³/mol. The predicted octanol–water partition coefficient (Wildman–Crippen LogP) is 5.36. The quantitative estimate of drug-likeness (QED) is 0.311. The largest absolute Gasteiger partial charge is 0.481 e. The van der Waals surface area contributed by atoms with Crippen LogP contribution in [0.15, 0.2) is 60.4 Å². The van der Waals surface area contributed by atoms with Crippen LogP contribution in [-0.2, 0) is 14.2 Å². The Labute approximate surface area is 196 Å². The van der Waals surface area contributed by atoms with Crippen molar-refractivity contribution in [2.45, 2.75) is 26.2 Å². The van der Waals surface area contributed by atoms with Gasteiger partial charge in [-0.15, -0.1) is 0 Å². The number of halogens is 1. The van der Waals surface area contributed by atoms with Crippen LogP contribution in [-0.4, -0.2) is 37.9 Å². The number of carbonyl (C=O) groups is 2. The van der Waals surface area contributed by atoms with E-state index in [0.29, 0.717) is 28.3 Å². The highest BCUT2D eigenvalue weighted by Gasteiger charge is 2.23. The van der Waals surface area contributed by atoms with E-state index in [2.05, 4.69) is 4.98 Å². The standard InChI is InChI=1S/C25H24FN2O5P/c1-16(2)23-21(12-13-34(32,33)15-20(29)14-22(30)31)24(17-8-10-19(26)11-9-17)28-25(27-23)18-6-4-3-5-7-18/h3-13,16H,14-15H2,1-2H3,(H,30,31)(H,32,33). The van der Waals surface area contributed by atoms with Gasteiger partial charge in [0.25, 0.3) is 0 Å². The van der Waals surface area contributed by atoms with E-state index in [-0.39, 0.29) is 5.92 Å². The fraction of sp³-hybridized carbons (Fsp3) is 0.200. The SMILES string of the molecule is CC(C)c1nc(-c2ccccc2)nc(-c2ccc(F)cc2)c1C=CP(=O)(O)CC(=O)CC(=O)O. The maximum atomic E-state index is 13.6. The fourth-order valence-electron chi connectivity index (χ4n) is 3.36. The van der Waals surface area contributed by atoms with Gasteiger partial charge in [-0.3, -0.25) is 14.2 Å². The zero-order valence-electron chi connectivity index (χ0n) is 18.7. The molecule has 0 bridgehead atoms. The number of nitrogens with zero attached hydrogens (tertiary/aromatic N) is 2. The van der Waals surface area contributed by atoms with Gasteiger partial charge in [-0.05, 0) is 36.3 Å². The summed E-state index contributed by atoms with van der Waals surface area (Å²) in [6.45, 7) is 3.83. The van der Waals surface area contributed by atoms with Crippen LogP contribution in [0.25, 0.3) is 28.7 Å². The van der Waals surface area contributed by atoms with Crippen LogP contribution >= 0.6 is 7.37 Å². The third-order valence-electron chi connectivity index (χ3n) is 4.90. The normalized spacial score (nSPS) is 13.2. The molecule has 1 atom stereocenters. The third kappa shape index (κ3) is 6.53. The molecule has 0 saturated carbocycles. The molecule has 9 heteroatoms. The minimum atomic E-state index is -4.12. The molecule has 1 heterocycles. The van der Waals surface area contributed by atoms with Gasteiger partial charge in [0.15, 0.2) is 11.6 Å². The molecule has 34 heavy (non-hydrogen) atoms. The van der Waals surface area contributed by atoms with Crippen molar-refractivity contribution >= 4 is 25.2 Å². The molecule has 7 nitrogen and oxygen atoms in total. The minimum absolute atomic E-state index is 0.101. The summed E-state index contributed by atoms with van der Waals surface area (Å²) in [6, 6.07) is 15.0. The Morgan fingerprint density at radius 2 is 1.68 bits per heavy atom. The second-order valence-electron chi connectivity index (χ2n) is 8.06. The molecule has 3 rings (SSSR count). The number of ketones is 1. The molecule has 2 aromatic carbocycles. The number of carboxylic acid groups (broad SMARTS) is 1. The summed E-state index contributed by atoms with van der Waals surface area (Å²) in [5.74, 6) is -1.27. The van der Waals surface area contributed by atoms with Crippen molar-refractivity contribution < 1.29 is 28.5 Å². The molecule has 0 radical (unpaired) electrons. The van der Waals surface area contributed by atoms with E-state index in [1.165, 1.54) is 18.2 Å². The molecule has 0 aliphatic heterocycles. The van der Waals surface area contributed by atoms with Crippen LogP contribution in [0.5, 0.6) is 0 Å². The highest BCUT2D eigenvalue weighted by molar-refractivity contribution is 7.62. The van der Waals surface area contributed by atoms with E-state index >= 15 is 0 Å². The van der Waals surface area contributed by atoms with Crippen molar-refractivity contribution in [1.29, 1.82) is 0 Å². The van der Waals surface area contributed by atoms with E-state index in [1.807, 2.05) is 44.2 Å². The Morgan fingerprint density at radius 3 is 2.26 bits per heavy atom. The maximum Gasteiger partial charge on any atom is 0.310 e. The average molecular weight is 482 g/mol. The van der Waals surface area contributed by atoms with Crippen molar-refractivity contribution in [2.75, 3.05) is 6.16 Å². The summed E-state index contributed by atoms with van der Waals surface area (Å²) in [5, 5.41) is 8.73. The first-order valence-electron chi connectivity index (χ1n) is 10.5. The van der Waals surface area contributed by atoms with E-state index in [0.717, 1.165) is 11.4 Å². The highest BCUT2D eigenvalue weighted by atomic mass is 31.2. The lowest BCUT2D eigenvalue weighted by Gasteiger charge is -2.16. The summed E-state index contributed by atoms with van der Waals surface area (Å²) >= 11 is 0. The number of carbonyl (C=O) groups excluding carboxylic acids is 1. The van der Waals surface area contributed by atoms with Crippen molar-refractivity contribution in [3.8, 4) is 22.6 Å². The molecular formula is C25H24FN2O5P. The Bertz CT molecular complexity index is 1270. The molecule has 0 amide bonds. The van der Waals surface area contributed by atoms with Gasteiger partial charge >= 0.3 is 5.97 Å². The van der Waals surface area contributed by atoms with Crippen LogP contribution in [0.4, 0.5) is 4.39 Å². The zero-order chi connectivity index (χ0) is 24.9. The molecule has 0 aliphatic rings. The van der Waals surface area contributed by atoms with Crippen LogP contribution in [0.3, 0.4) is 0 Å². The summed E-state index contributed by atoms with van der Waals surface area (Å²) < 4.78 is 26.2. The Balaban J connectivity index is 2.15. The highest BCUT2D eigenvalue weighted by Crippen LogP contribution is 2.44. The number of aliphatic carboxylic acids is 1. The van der Waals surface area contributed by atoms with E-state index in [9.17, 15) is 23.4 Å². The Kier molecular flexibility index (Phi) is 7.87. The summed E-state index contributed by atoms with van der Waals surface area (Å²) in [7, 11) is -4.12. The lowest BCUT2D eigenvalue weighted by atomic mass is 9.98. The van der Waals surface area contributed by atoms with Crippen molar-refractivity contribution in [3.05, 3.63) is 77.5 Å². The summed E-state index contributed by atoms with van der Waals surface area (Å²) in [6.07, 6.45) is -0.232. The van der Waals surface area contributed by atoms with E-state index in [4.69, 9.17) is 10.1 Å². The molecule has 0 saturated heterocycles. The molecule has 176 valence electrons. The van der Waals surface area contributed by atoms with Crippen LogP contribution in [0.2, 0.25) is 0 Å². The van der Waals surface area contributed by atoms with Gasteiger partial charge in [-0.2, -0.15) is 0 Å². The van der Waals surface area contributed by atoms with Gasteiger partial charge in [0, 0.05) is 22.5 Å². The number of aromatic nitrogens is 2. The third-order valence-corrected chi connectivity index (χ3v) is 6.32. The van der Waals surface area contributed by atoms with Gasteiger partial charge in [0.1, 0.15) is 12.2 Å². The lowest BCUT2D eigenvalue weighted by Crippen LogP contribution is -2.10. The first-order valence-corrected chi connectivity index (χ1v) is 12.4. The fourth-order valence-corrected chi connectivity index (χ4v) is 4.46. The first kappa shape index (κ1) is 25.1. The number of rotatable bonds is 9. The monoisotopic (exact) mass is 482 g/mol. The van der Waals surface area contributed by atoms with Gasteiger partial charge in [0.05, 0.1) is 17.5 Å². The van der Waals surface area contributed by atoms with Gasteiger partial charge < -0.3 is 10.00 Å². The van der Waals surface area contributed by atoms with Crippen molar-refractivity contribution in [1.82, 2.24) is 9.97 Å². The zero-order valence-corrected chi connectivity index (χ0v) is 19.6. The van der Waals surface area contributed by atoms with Gasteiger partial charge in [-0.1, -0.05) is 44.2 Å². The first-order chi connectivity index (χ1) is 16.1. The van der Waals surface area contributed by atoms with Crippen LogP contribution < -0.4 is 0 Å². The molecular weight excluding hydrogens is 458 g/mol. The van der Waals surface area contributed by atoms with Crippen LogP contribution in [0.1, 0.15) is 37.4 Å². The number of carboxylic acids is 1. The van der Waals surface area contributed by atoms with E-state index < -0.39 is 37.5 Å². The topological polar surface area (TPSA) is 117 Å². The molecule has 1 unspecified atom stereocenters. The van der Waals surface area contributed by atoms with Crippen molar-refractivity contribution in [3.63, 3.8) is 0 Å². The molecule has 2 N–H and O–H groups in total. The average Bonchev–Trinajstić information content (AvgIpc) is 2.77. The maximum absolute atomic E-state index is 13.6. The number of hydrogen-bond acceptors (Lipinski definition) is 5. The molecule has 0 fully saturated rings. The molecule has 0 spiro atoms. The Morgan fingerprint density at radius 1 is 1.03 bits per heavy atom. The second-order valence-corrected chi connectivity index (χ2v) is 10.2.